The van der Waals surface area contributed by atoms with Crippen LogP contribution in [0.5, 0.6) is 0 Å². The van der Waals surface area contributed by atoms with Gasteiger partial charge in [0.05, 0.1) is 6.61 Å². The predicted octanol–water partition coefficient (Wildman–Crippen LogP) is 1.76. The highest BCUT2D eigenvalue weighted by molar-refractivity contribution is 5.95. The molecule has 1 saturated heterocycles. The fourth-order valence-corrected chi connectivity index (χ4v) is 3.99. The maximum Gasteiger partial charge on any atom is 0.349 e. The summed E-state index contributed by atoms with van der Waals surface area (Å²) in [6.45, 7) is 3.44. The summed E-state index contributed by atoms with van der Waals surface area (Å²) in [5.41, 5.74) is 2.29. The molecule has 0 bridgehead atoms. The van der Waals surface area contributed by atoms with Crippen molar-refractivity contribution in [2.24, 2.45) is 0 Å². The molecule has 0 radical (unpaired) electrons. The van der Waals surface area contributed by atoms with E-state index in [9.17, 15) is 14.7 Å². The fourth-order valence-electron chi connectivity index (χ4n) is 3.99. The first-order valence-electron chi connectivity index (χ1n) is 10.8. The van der Waals surface area contributed by atoms with E-state index < -0.39 is 17.5 Å². The Morgan fingerprint density at radius 3 is 2.64 bits per heavy atom. The SMILES string of the molecule is CC(=O)O.Cc1cc(CCc2c[nH]c3ccccc23)oc(=O)c1C(=O)N[C@H]1CN[C@H](CO)C1. The van der Waals surface area contributed by atoms with Gasteiger partial charge in [-0.15, -0.1) is 0 Å². The summed E-state index contributed by atoms with van der Waals surface area (Å²) in [4.78, 5) is 37.3. The number of aliphatic carboxylic acids is 1. The van der Waals surface area contributed by atoms with Gasteiger partial charge in [0, 0.05) is 49.1 Å². The molecule has 176 valence electrons. The Hall–Kier alpha value is -3.43. The van der Waals surface area contributed by atoms with Crippen LogP contribution in [0.1, 0.15) is 40.6 Å². The van der Waals surface area contributed by atoms with Gasteiger partial charge in [-0.25, -0.2) is 4.79 Å². The molecule has 1 aliphatic heterocycles. The van der Waals surface area contributed by atoms with Crippen LogP contribution in [0.4, 0.5) is 0 Å². The summed E-state index contributed by atoms with van der Waals surface area (Å²) in [5.74, 6) is -0.693. The zero-order chi connectivity index (χ0) is 24.0. The number of fused-ring (bicyclic) bond motifs is 1. The number of para-hydroxylation sites is 1. The average Bonchev–Trinajstić information content (AvgIpc) is 3.38. The van der Waals surface area contributed by atoms with Gasteiger partial charge in [-0.3, -0.25) is 9.59 Å². The normalized spacial score (nSPS) is 17.4. The highest BCUT2D eigenvalue weighted by Gasteiger charge is 2.26. The molecule has 3 heterocycles. The van der Waals surface area contributed by atoms with Crippen molar-refractivity contribution < 1.29 is 24.2 Å². The Morgan fingerprint density at radius 1 is 1.24 bits per heavy atom. The number of hydrogen-bond acceptors (Lipinski definition) is 6. The van der Waals surface area contributed by atoms with Crippen molar-refractivity contribution in [3.63, 3.8) is 0 Å². The third kappa shape index (κ3) is 6.30. The van der Waals surface area contributed by atoms with Gasteiger partial charge < -0.3 is 30.2 Å². The number of amides is 1. The minimum atomic E-state index is -0.833. The number of aryl methyl sites for hydroxylation is 3. The van der Waals surface area contributed by atoms with Crippen LogP contribution in [0.2, 0.25) is 0 Å². The summed E-state index contributed by atoms with van der Waals surface area (Å²) < 4.78 is 5.45. The minimum Gasteiger partial charge on any atom is -0.481 e. The quantitative estimate of drug-likeness (QED) is 0.381. The van der Waals surface area contributed by atoms with E-state index in [0.717, 1.165) is 29.8 Å². The smallest absolute Gasteiger partial charge is 0.349 e. The number of nitrogens with one attached hydrogen (secondary N) is 3. The van der Waals surface area contributed by atoms with E-state index in [1.165, 1.54) is 0 Å². The number of carbonyl (C=O) groups excluding carboxylic acids is 1. The number of aliphatic hydroxyl groups is 1. The van der Waals surface area contributed by atoms with Gasteiger partial charge in [-0.1, -0.05) is 18.2 Å². The highest BCUT2D eigenvalue weighted by Crippen LogP contribution is 2.20. The van der Waals surface area contributed by atoms with E-state index in [0.29, 0.717) is 30.7 Å². The van der Waals surface area contributed by atoms with Crippen LogP contribution in [-0.4, -0.2) is 52.3 Å². The standard InChI is InChI=1S/C22H25N3O4.C2H4O2/c1-13-8-17(7-6-14-10-24-19-5-3-2-4-18(14)19)29-22(28)20(13)21(27)25-15-9-16(12-26)23-11-15;1-2(3)4/h2-5,8,10,15-16,23-24,26H,6-7,9,11-12H2,1H3,(H,25,27);1H3,(H,3,4)/t15-,16+;/m1./s1. The number of carboxylic acid groups (broad SMARTS) is 1. The maximum absolute atomic E-state index is 12.6. The third-order valence-corrected chi connectivity index (χ3v) is 5.52. The lowest BCUT2D eigenvalue weighted by atomic mass is 10.0. The zero-order valence-electron chi connectivity index (χ0n) is 18.7. The van der Waals surface area contributed by atoms with Crippen LogP contribution in [0.15, 0.2) is 45.7 Å². The summed E-state index contributed by atoms with van der Waals surface area (Å²) in [7, 11) is 0. The molecular formula is C24H29N3O6. The number of hydrogen-bond donors (Lipinski definition) is 5. The first-order chi connectivity index (χ1) is 15.8. The van der Waals surface area contributed by atoms with E-state index in [1.54, 1.807) is 13.0 Å². The highest BCUT2D eigenvalue weighted by atomic mass is 16.4. The van der Waals surface area contributed by atoms with Crippen molar-refractivity contribution in [3.8, 4) is 0 Å². The Morgan fingerprint density at radius 2 is 1.97 bits per heavy atom. The Balaban J connectivity index is 0.000000709. The van der Waals surface area contributed by atoms with E-state index in [1.807, 2.05) is 24.4 Å². The van der Waals surface area contributed by atoms with Crippen LogP contribution in [-0.2, 0) is 17.6 Å². The molecule has 5 N–H and O–H groups in total. The number of carboxylic acids is 1. The number of rotatable bonds is 6. The molecule has 1 fully saturated rings. The molecule has 0 unspecified atom stereocenters. The molecule has 1 aliphatic rings. The van der Waals surface area contributed by atoms with Crippen molar-refractivity contribution in [1.29, 1.82) is 0 Å². The minimum absolute atomic E-state index is 0.0234. The third-order valence-electron chi connectivity index (χ3n) is 5.52. The summed E-state index contributed by atoms with van der Waals surface area (Å²) in [6.07, 6.45) is 3.92. The van der Waals surface area contributed by atoms with Crippen molar-refractivity contribution in [1.82, 2.24) is 15.6 Å². The molecule has 0 aliphatic carbocycles. The molecule has 3 aromatic rings. The number of aliphatic hydroxyl groups excluding tert-OH is 1. The second kappa shape index (κ2) is 10.9. The van der Waals surface area contributed by atoms with Crippen molar-refractivity contribution in [2.45, 2.75) is 45.2 Å². The van der Waals surface area contributed by atoms with Crippen LogP contribution < -0.4 is 16.3 Å². The topological polar surface area (TPSA) is 145 Å². The molecule has 0 saturated carbocycles. The molecule has 0 spiro atoms. The molecule has 1 aromatic carbocycles. The van der Waals surface area contributed by atoms with Crippen LogP contribution >= 0.6 is 0 Å². The number of H-pyrrole nitrogens is 1. The molecule has 9 heteroatoms. The lowest BCUT2D eigenvalue weighted by Crippen LogP contribution is -2.38. The van der Waals surface area contributed by atoms with Crippen molar-refractivity contribution in [2.75, 3.05) is 13.2 Å². The summed E-state index contributed by atoms with van der Waals surface area (Å²) in [6, 6.07) is 9.72. The number of carbonyl (C=O) groups is 2. The lowest BCUT2D eigenvalue weighted by Gasteiger charge is -2.13. The van der Waals surface area contributed by atoms with Gasteiger partial charge in [0.15, 0.2) is 0 Å². The van der Waals surface area contributed by atoms with Gasteiger partial charge >= 0.3 is 5.63 Å². The predicted molar refractivity (Wildman–Crippen MR) is 123 cm³/mol. The van der Waals surface area contributed by atoms with Gasteiger partial charge in [0.1, 0.15) is 11.3 Å². The molecule has 33 heavy (non-hydrogen) atoms. The fraction of sp³-hybridized carbons (Fsp3) is 0.375. The van der Waals surface area contributed by atoms with Crippen LogP contribution in [0.3, 0.4) is 0 Å². The molecule has 2 atom stereocenters. The maximum atomic E-state index is 12.6. The van der Waals surface area contributed by atoms with Crippen LogP contribution in [0.25, 0.3) is 10.9 Å². The monoisotopic (exact) mass is 455 g/mol. The largest absolute Gasteiger partial charge is 0.481 e. The average molecular weight is 456 g/mol. The van der Waals surface area contributed by atoms with Gasteiger partial charge in [0.25, 0.3) is 11.9 Å². The van der Waals surface area contributed by atoms with Crippen molar-refractivity contribution >= 4 is 22.8 Å². The van der Waals surface area contributed by atoms with E-state index >= 15 is 0 Å². The molecule has 9 nitrogen and oxygen atoms in total. The number of benzene rings is 1. The van der Waals surface area contributed by atoms with Crippen LogP contribution in [0, 0.1) is 6.92 Å². The first kappa shape index (κ1) is 24.2. The van der Waals surface area contributed by atoms with Gasteiger partial charge in [0.2, 0.25) is 0 Å². The summed E-state index contributed by atoms with van der Waals surface area (Å²) in [5, 5.41) is 23.8. The van der Waals surface area contributed by atoms with Crippen molar-refractivity contribution in [3.05, 3.63) is 69.4 Å². The molecule has 4 rings (SSSR count). The van der Waals surface area contributed by atoms with E-state index in [4.69, 9.17) is 14.3 Å². The second-order valence-electron chi connectivity index (χ2n) is 8.13. The molecule has 2 aromatic heterocycles. The first-order valence-corrected chi connectivity index (χ1v) is 10.8. The number of aromatic nitrogens is 1. The second-order valence-corrected chi connectivity index (χ2v) is 8.13. The summed E-state index contributed by atoms with van der Waals surface area (Å²) >= 11 is 0. The Labute approximate surface area is 190 Å². The Kier molecular flexibility index (Phi) is 8.02. The zero-order valence-corrected chi connectivity index (χ0v) is 18.7. The number of aromatic amines is 1. The molecular weight excluding hydrogens is 426 g/mol. The van der Waals surface area contributed by atoms with E-state index in [2.05, 4.69) is 21.7 Å². The van der Waals surface area contributed by atoms with Gasteiger partial charge in [-0.2, -0.15) is 0 Å². The lowest BCUT2D eigenvalue weighted by molar-refractivity contribution is -0.134. The van der Waals surface area contributed by atoms with Gasteiger partial charge in [-0.05, 0) is 43.0 Å². The molecule has 1 amide bonds. The van der Waals surface area contributed by atoms with E-state index in [-0.39, 0.29) is 24.3 Å². The Bertz CT molecular complexity index is 1180.